The number of benzene rings is 2. The van der Waals surface area contributed by atoms with Crippen molar-refractivity contribution in [2.75, 3.05) is 5.48 Å². The van der Waals surface area contributed by atoms with Crippen LogP contribution >= 0.6 is 0 Å². The summed E-state index contributed by atoms with van der Waals surface area (Å²) in [7, 11) is 0. The zero-order valence-electron chi connectivity index (χ0n) is 10.0. The first-order chi connectivity index (χ1) is 9.35. The Labute approximate surface area is 109 Å². The van der Waals surface area contributed by atoms with Gasteiger partial charge in [0.05, 0.1) is 5.69 Å². The molecule has 3 aromatic carbocycles. The lowest BCUT2D eigenvalue weighted by Crippen LogP contribution is -2.01. The second-order valence-electron chi connectivity index (χ2n) is 4.25. The van der Waals surface area contributed by atoms with Crippen molar-refractivity contribution in [1.29, 1.82) is 0 Å². The van der Waals surface area contributed by atoms with Crippen LogP contribution in [0.4, 0.5) is 5.69 Å². The average molecular weight is 252 g/mol. The Morgan fingerprint density at radius 2 is 1.47 bits per heavy atom. The molecule has 19 heavy (non-hydrogen) atoms. The lowest BCUT2D eigenvalue weighted by molar-refractivity contribution is 0.304. The van der Waals surface area contributed by atoms with Crippen molar-refractivity contribution in [2.24, 2.45) is 5.16 Å². The molecule has 0 fully saturated rings. The molecule has 0 aliphatic heterocycles. The topological polar surface area (TPSA) is 64.9 Å². The number of nitrogens with zero attached hydrogens (tertiary/aromatic N) is 1. The van der Waals surface area contributed by atoms with Gasteiger partial charge in [-0.1, -0.05) is 53.7 Å². The molecule has 0 aliphatic carbocycles. The monoisotopic (exact) mass is 252 g/mol. The number of hydrogen-bond acceptors (Lipinski definition) is 4. The van der Waals surface area contributed by atoms with Gasteiger partial charge in [0, 0.05) is 16.2 Å². The first kappa shape index (κ1) is 11.5. The summed E-state index contributed by atoms with van der Waals surface area (Å²) in [6, 6.07) is 16.9. The van der Waals surface area contributed by atoms with Crippen molar-refractivity contribution in [1.82, 2.24) is 0 Å². The molecule has 3 N–H and O–H groups in total. The highest BCUT2D eigenvalue weighted by atomic mass is 16.5. The summed E-state index contributed by atoms with van der Waals surface area (Å²) in [4.78, 5) is 0. The number of rotatable bonds is 1. The fraction of sp³-hybridized carbons (Fsp3) is 0. The van der Waals surface area contributed by atoms with E-state index in [9.17, 15) is 10.4 Å². The molecule has 0 aromatic heterocycles. The van der Waals surface area contributed by atoms with E-state index in [4.69, 9.17) is 0 Å². The highest BCUT2D eigenvalue weighted by Crippen LogP contribution is 2.23. The normalized spacial score (nSPS) is 11.9. The average Bonchev–Trinajstić information content (AvgIpc) is 2.61. The van der Waals surface area contributed by atoms with Crippen LogP contribution in [0.5, 0.6) is 0 Å². The maximum Gasteiger partial charge on any atom is 0.118 e. The van der Waals surface area contributed by atoms with Gasteiger partial charge in [0.15, 0.2) is 0 Å². The van der Waals surface area contributed by atoms with Crippen LogP contribution < -0.4 is 10.8 Å². The lowest BCUT2D eigenvalue weighted by Gasteiger charge is -1.99. The summed E-state index contributed by atoms with van der Waals surface area (Å²) in [6.45, 7) is 0. The van der Waals surface area contributed by atoms with Crippen molar-refractivity contribution in [2.45, 2.75) is 0 Å². The molecule has 3 rings (SSSR count). The Morgan fingerprint density at radius 1 is 0.842 bits per heavy atom. The molecule has 0 saturated carbocycles. The van der Waals surface area contributed by atoms with E-state index >= 15 is 0 Å². The molecule has 0 heterocycles. The molecule has 94 valence electrons. The Morgan fingerprint density at radius 3 is 2.16 bits per heavy atom. The lowest BCUT2D eigenvalue weighted by atomic mass is 10.1. The molecule has 4 heteroatoms. The van der Waals surface area contributed by atoms with Gasteiger partial charge in [-0.15, -0.1) is 0 Å². The largest absolute Gasteiger partial charge is 0.410 e. The van der Waals surface area contributed by atoms with E-state index in [0.717, 1.165) is 21.5 Å². The minimum Gasteiger partial charge on any atom is -0.410 e. The van der Waals surface area contributed by atoms with Gasteiger partial charge in [-0.3, -0.25) is 10.7 Å². The van der Waals surface area contributed by atoms with E-state index in [2.05, 4.69) is 10.6 Å². The van der Waals surface area contributed by atoms with Crippen LogP contribution in [-0.2, 0) is 0 Å². The number of fused-ring (bicyclic) bond motifs is 2. The Hall–Kier alpha value is -2.59. The molecule has 0 atom stereocenters. The molecule has 0 bridgehead atoms. The quantitative estimate of drug-likeness (QED) is 0.460. The third-order valence-corrected chi connectivity index (χ3v) is 3.21. The SMILES string of the molecule is ON=c1c2ccccc2cc(NO)c2ccccc12. The van der Waals surface area contributed by atoms with Crippen LogP contribution in [0.25, 0.3) is 21.5 Å². The number of hydrogen-bond donors (Lipinski definition) is 3. The Kier molecular flexibility index (Phi) is 2.78. The van der Waals surface area contributed by atoms with Crippen molar-refractivity contribution in [3.8, 4) is 0 Å². The smallest absolute Gasteiger partial charge is 0.118 e. The predicted molar refractivity (Wildman–Crippen MR) is 74.2 cm³/mol. The van der Waals surface area contributed by atoms with E-state index in [1.165, 1.54) is 0 Å². The van der Waals surface area contributed by atoms with Gasteiger partial charge in [0.2, 0.25) is 0 Å². The highest BCUT2D eigenvalue weighted by Gasteiger charge is 2.05. The molecular weight excluding hydrogens is 240 g/mol. The minimum absolute atomic E-state index is 0.493. The van der Waals surface area contributed by atoms with Crippen LogP contribution in [0, 0.1) is 0 Å². The fourth-order valence-corrected chi connectivity index (χ4v) is 2.34. The van der Waals surface area contributed by atoms with Crippen LogP contribution in [-0.4, -0.2) is 10.4 Å². The zero-order valence-corrected chi connectivity index (χ0v) is 10.0. The van der Waals surface area contributed by atoms with Gasteiger partial charge >= 0.3 is 0 Å². The van der Waals surface area contributed by atoms with Gasteiger partial charge in [0.1, 0.15) is 5.36 Å². The van der Waals surface area contributed by atoms with Gasteiger partial charge in [-0.05, 0) is 11.5 Å². The van der Waals surface area contributed by atoms with E-state index in [1.54, 1.807) is 0 Å². The van der Waals surface area contributed by atoms with E-state index in [0.29, 0.717) is 11.0 Å². The van der Waals surface area contributed by atoms with Crippen molar-refractivity contribution < 1.29 is 10.4 Å². The summed E-state index contributed by atoms with van der Waals surface area (Å²) in [5, 5.41) is 25.9. The number of nitrogens with one attached hydrogen (secondary N) is 1. The Balaban J connectivity index is 2.72. The number of anilines is 1. The van der Waals surface area contributed by atoms with E-state index in [-0.39, 0.29) is 0 Å². The maximum absolute atomic E-state index is 9.35. The summed E-state index contributed by atoms with van der Waals surface area (Å²) in [5.74, 6) is 0. The second-order valence-corrected chi connectivity index (χ2v) is 4.25. The highest BCUT2D eigenvalue weighted by molar-refractivity contribution is 6.00. The molecule has 0 aliphatic rings. The minimum atomic E-state index is 0.493. The third kappa shape index (κ3) is 1.78. The molecule has 0 saturated heterocycles. The van der Waals surface area contributed by atoms with E-state index < -0.39 is 0 Å². The standard InChI is InChI=1S/C15H12N2O2/c18-16-14-9-10-5-1-2-6-11(10)15(17-19)13-8-4-3-7-12(13)14/h1-9,16,18-19H. The fourth-order valence-electron chi connectivity index (χ4n) is 2.34. The molecular formula is C15H12N2O2. The van der Waals surface area contributed by atoms with Gasteiger partial charge < -0.3 is 5.21 Å². The van der Waals surface area contributed by atoms with Gasteiger partial charge in [0.25, 0.3) is 0 Å². The zero-order chi connectivity index (χ0) is 13.2. The first-order valence-electron chi connectivity index (χ1n) is 5.88. The van der Waals surface area contributed by atoms with Crippen molar-refractivity contribution in [3.63, 3.8) is 0 Å². The van der Waals surface area contributed by atoms with E-state index in [1.807, 2.05) is 54.6 Å². The molecule has 0 amide bonds. The molecule has 4 nitrogen and oxygen atoms in total. The molecule has 0 radical (unpaired) electrons. The summed E-state index contributed by atoms with van der Waals surface area (Å²) in [5.41, 5.74) is 2.78. The summed E-state index contributed by atoms with van der Waals surface area (Å²) < 4.78 is 0. The molecule has 0 unspecified atom stereocenters. The molecule has 0 spiro atoms. The Bertz CT molecular complexity index is 828. The predicted octanol–water partition coefficient (Wildman–Crippen LogP) is 3.08. The summed E-state index contributed by atoms with van der Waals surface area (Å²) in [6.07, 6.45) is 0. The maximum atomic E-state index is 9.35. The van der Waals surface area contributed by atoms with Crippen LogP contribution in [0.1, 0.15) is 0 Å². The van der Waals surface area contributed by atoms with Crippen LogP contribution in [0.3, 0.4) is 0 Å². The van der Waals surface area contributed by atoms with Gasteiger partial charge in [-0.25, -0.2) is 0 Å². The van der Waals surface area contributed by atoms with Crippen LogP contribution in [0.2, 0.25) is 0 Å². The molecule has 3 aromatic rings. The first-order valence-corrected chi connectivity index (χ1v) is 5.88. The van der Waals surface area contributed by atoms with Crippen molar-refractivity contribution in [3.05, 3.63) is 60.0 Å². The van der Waals surface area contributed by atoms with Crippen LogP contribution in [0.15, 0.2) is 59.8 Å². The summed E-state index contributed by atoms with van der Waals surface area (Å²) >= 11 is 0. The van der Waals surface area contributed by atoms with Crippen molar-refractivity contribution >= 4 is 27.2 Å². The second kappa shape index (κ2) is 4.59. The third-order valence-electron chi connectivity index (χ3n) is 3.21. The van der Waals surface area contributed by atoms with Gasteiger partial charge in [-0.2, -0.15) is 0 Å².